The van der Waals surface area contributed by atoms with Crippen LogP contribution in [0.5, 0.6) is 0 Å². The molecular formula is C13H19NO4S. The monoisotopic (exact) mass is 285 g/mol. The SMILES string of the molecule is CC(C(=O)O)S(=O)(=O)N(C)CCCc1ccccc1. The van der Waals surface area contributed by atoms with Gasteiger partial charge >= 0.3 is 5.97 Å². The third kappa shape index (κ3) is 4.33. The topological polar surface area (TPSA) is 74.7 Å². The first-order chi connectivity index (χ1) is 8.85. The fourth-order valence-electron chi connectivity index (χ4n) is 1.68. The fraction of sp³-hybridized carbons (Fsp3) is 0.462. The van der Waals surface area contributed by atoms with Crippen molar-refractivity contribution < 1.29 is 18.3 Å². The molecule has 1 rings (SSSR count). The van der Waals surface area contributed by atoms with Crippen LogP contribution in [-0.2, 0) is 21.2 Å². The zero-order valence-electron chi connectivity index (χ0n) is 11.1. The van der Waals surface area contributed by atoms with E-state index < -0.39 is 21.2 Å². The van der Waals surface area contributed by atoms with Crippen molar-refractivity contribution >= 4 is 16.0 Å². The van der Waals surface area contributed by atoms with Crippen LogP contribution in [0.2, 0.25) is 0 Å². The maximum atomic E-state index is 11.9. The average molecular weight is 285 g/mol. The third-order valence-corrected chi connectivity index (χ3v) is 5.16. The molecule has 5 nitrogen and oxygen atoms in total. The summed E-state index contributed by atoms with van der Waals surface area (Å²) in [4.78, 5) is 10.7. The molecule has 0 fully saturated rings. The summed E-state index contributed by atoms with van der Waals surface area (Å²) < 4.78 is 24.8. The Balaban J connectivity index is 2.52. The fourth-order valence-corrected chi connectivity index (χ4v) is 2.85. The van der Waals surface area contributed by atoms with Crippen molar-refractivity contribution in [1.82, 2.24) is 4.31 Å². The lowest BCUT2D eigenvalue weighted by molar-refractivity contribution is -0.136. The maximum absolute atomic E-state index is 11.9. The molecule has 0 heterocycles. The first kappa shape index (κ1) is 15.7. The van der Waals surface area contributed by atoms with Gasteiger partial charge < -0.3 is 5.11 Å². The molecule has 1 atom stereocenters. The molecule has 0 saturated carbocycles. The molecular weight excluding hydrogens is 266 g/mol. The summed E-state index contributed by atoms with van der Waals surface area (Å²) in [5.74, 6) is -1.32. The van der Waals surface area contributed by atoms with Crippen LogP contribution in [-0.4, -0.2) is 42.6 Å². The van der Waals surface area contributed by atoms with Gasteiger partial charge in [0.05, 0.1) is 0 Å². The zero-order chi connectivity index (χ0) is 14.5. The average Bonchev–Trinajstić information content (AvgIpc) is 2.38. The van der Waals surface area contributed by atoms with Gasteiger partial charge in [-0.1, -0.05) is 30.3 Å². The quantitative estimate of drug-likeness (QED) is 0.820. The van der Waals surface area contributed by atoms with E-state index in [1.54, 1.807) is 0 Å². The van der Waals surface area contributed by atoms with E-state index in [2.05, 4.69) is 0 Å². The van der Waals surface area contributed by atoms with Crippen molar-refractivity contribution in [3.05, 3.63) is 35.9 Å². The molecule has 0 aliphatic rings. The predicted molar refractivity (Wildman–Crippen MR) is 73.4 cm³/mol. The third-order valence-electron chi connectivity index (χ3n) is 3.01. The van der Waals surface area contributed by atoms with Crippen LogP contribution in [0.15, 0.2) is 30.3 Å². The first-order valence-corrected chi connectivity index (χ1v) is 7.58. The summed E-state index contributed by atoms with van der Waals surface area (Å²) in [6, 6.07) is 9.75. The van der Waals surface area contributed by atoms with Crippen LogP contribution in [0.4, 0.5) is 0 Å². The van der Waals surface area contributed by atoms with Crippen molar-refractivity contribution in [1.29, 1.82) is 0 Å². The van der Waals surface area contributed by atoms with Gasteiger partial charge in [-0.15, -0.1) is 0 Å². The lowest BCUT2D eigenvalue weighted by Gasteiger charge is -2.19. The molecule has 0 radical (unpaired) electrons. The van der Waals surface area contributed by atoms with Crippen molar-refractivity contribution in [2.24, 2.45) is 0 Å². The number of aryl methyl sites for hydroxylation is 1. The molecule has 1 unspecified atom stereocenters. The summed E-state index contributed by atoms with van der Waals surface area (Å²) in [7, 11) is -2.34. The Morgan fingerprint density at radius 1 is 1.32 bits per heavy atom. The summed E-state index contributed by atoms with van der Waals surface area (Å²) in [5, 5.41) is 7.36. The molecule has 1 aromatic rings. The molecule has 0 spiro atoms. The van der Waals surface area contributed by atoms with Gasteiger partial charge in [0.1, 0.15) is 0 Å². The van der Waals surface area contributed by atoms with Crippen LogP contribution in [0.3, 0.4) is 0 Å². The number of carbonyl (C=O) groups is 1. The van der Waals surface area contributed by atoms with E-state index in [1.165, 1.54) is 14.0 Å². The second-order valence-corrected chi connectivity index (χ2v) is 6.80. The Bertz CT molecular complexity index is 513. The van der Waals surface area contributed by atoms with E-state index in [1.807, 2.05) is 30.3 Å². The highest BCUT2D eigenvalue weighted by Gasteiger charge is 2.31. The zero-order valence-corrected chi connectivity index (χ0v) is 11.9. The molecule has 0 aliphatic heterocycles. The largest absolute Gasteiger partial charge is 0.480 e. The number of sulfonamides is 1. The number of aliphatic carboxylic acids is 1. The maximum Gasteiger partial charge on any atom is 0.323 e. The highest BCUT2D eigenvalue weighted by Crippen LogP contribution is 2.09. The smallest absolute Gasteiger partial charge is 0.323 e. The van der Waals surface area contributed by atoms with Gasteiger partial charge in [-0.2, -0.15) is 0 Å². The molecule has 0 aromatic heterocycles. The predicted octanol–water partition coefficient (Wildman–Crippen LogP) is 1.35. The minimum atomic E-state index is -3.76. The van der Waals surface area contributed by atoms with Gasteiger partial charge in [0, 0.05) is 13.6 Å². The number of benzene rings is 1. The standard InChI is InChI=1S/C13H19NO4S/c1-11(13(15)16)19(17,18)14(2)10-6-9-12-7-4-3-5-8-12/h3-5,7-8,11H,6,9-10H2,1-2H3,(H,15,16). The Morgan fingerprint density at radius 3 is 2.42 bits per heavy atom. The Hall–Kier alpha value is -1.40. The van der Waals surface area contributed by atoms with E-state index in [0.717, 1.165) is 16.3 Å². The minimum absolute atomic E-state index is 0.314. The Labute approximate surface area is 113 Å². The van der Waals surface area contributed by atoms with Gasteiger partial charge in [-0.05, 0) is 25.3 Å². The van der Waals surface area contributed by atoms with Gasteiger partial charge in [-0.3, -0.25) is 4.79 Å². The second kappa shape index (κ2) is 6.68. The number of hydrogen-bond acceptors (Lipinski definition) is 3. The normalized spacial score (nSPS) is 13.4. The van der Waals surface area contributed by atoms with Crippen molar-refractivity contribution in [3.8, 4) is 0 Å². The minimum Gasteiger partial charge on any atom is -0.480 e. The number of rotatable bonds is 7. The summed E-state index contributed by atoms with van der Waals surface area (Å²) >= 11 is 0. The number of carboxylic acid groups (broad SMARTS) is 1. The van der Waals surface area contributed by atoms with E-state index in [9.17, 15) is 13.2 Å². The second-order valence-electron chi connectivity index (χ2n) is 4.44. The van der Waals surface area contributed by atoms with Crippen LogP contribution in [0.25, 0.3) is 0 Å². The molecule has 6 heteroatoms. The van der Waals surface area contributed by atoms with E-state index in [-0.39, 0.29) is 0 Å². The van der Waals surface area contributed by atoms with Crippen LogP contribution >= 0.6 is 0 Å². The van der Waals surface area contributed by atoms with E-state index in [0.29, 0.717) is 13.0 Å². The molecule has 1 aromatic carbocycles. The lowest BCUT2D eigenvalue weighted by Crippen LogP contribution is -2.39. The van der Waals surface area contributed by atoms with Crippen molar-refractivity contribution in [3.63, 3.8) is 0 Å². The summed E-state index contributed by atoms with van der Waals surface area (Å²) in [6.45, 7) is 1.50. The number of carboxylic acids is 1. The Morgan fingerprint density at radius 2 is 1.89 bits per heavy atom. The molecule has 19 heavy (non-hydrogen) atoms. The number of nitrogens with zero attached hydrogens (tertiary/aromatic N) is 1. The lowest BCUT2D eigenvalue weighted by atomic mass is 10.1. The molecule has 1 N–H and O–H groups in total. The summed E-state index contributed by atoms with van der Waals surface area (Å²) in [6.07, 6.45) is 1.42. The molecule has 0 bridgehead atoms. The van der Waals surface area contributed by atoms with E-state index in [4.69, 9.17) is 5.11 Å². The molecule has 0 saturated heterocycles. The van der Waals surface area contributed by atoms with Gasteiger partial charge in [0.15, 0.2) is 5.25 Å². The van der Waals surface area contributed by atoms with Gasteiger partial charge in [-0.25, -0.2) is 12.7 Å². The molecule has 0 aliphatic carbocycles. The van der Waals surface area contributed by atoms with E-state index >= 15 is 0 Å². The molecule has 106 valence electrons. The number of hydrogen-bond donors (Lipinski definition) is 1. The van der Waals surface area contributed by atoms with Crippen LogP contribution in [0.1, 0.15) is 18.9 Å². The summed E-state index contributed by atoms with van der Waals surface area (Å²) in [5.41, 5.74) is 1.14. The highest BCUT2D eigenvalue weighted by atomic mass is 32.2. The van der Waals surface area contributed by atoms with Gasteiger partial charge in [0.25, 0.3) is 0 Å². The van der Waals surface area contributed by atoms with Crippen molar-refractivity contribution in [2.45, 2.75) is 25.0 Å². The van der Waals surface area contributed by atoms with Crippen LogP contribution in [0, 0.1) is 0 Å². The van der Waals surface area contributed by atoms with Crippen molar-refractivity contribution in [2.75, 3.05) is 13.6 Å². The molecule has 0 amide bonds. The first-order valence-electron chi connectivity index (χ1n) is 6.07. The van der Waals surface area contributed by atoms with Crippen LogP contribution < -0.4 is 0 Å². The Kier molecular flexibility index (Phi) is 5.50. The highest BCUT2D eigenvalue weighted by molar-refractivity contribution is 7.90. The van der Waals surface area contributed by atoms with Gasteiger partial charge in [0.2, 0.25) is 10.0 Å².